The van der Waals surface area contributed by atoms with Gasteiger partial charge in [-0.05, 0) is 23.1 Å². The molecule has 0 fully saturated rings. The average molecular weight is 235 g/mol. The monoisotopic (exact) mass is 235 g/mol. The zero-order valence-corrected chi connectivity index (χ0v) is 10.7. The van der Waals surface area contributed by atoms with Crippen LogP contribution >= 0.6 is 0 Å². The molecular formula is C14H21NO2. The van der Waals surface area contributed by atoms with Crippen molar-refractivity contribution in [2.45, 2.75) is 19.9 Å². The van der Waals surface area contributed by atoms with E-state index >= 15 is 0 Å². The molecule has 0 bridgehead atoms. The lowest BCUT2D eigenvalue weighted by Crippen LogP contribution is -2.23. The Morgan fingerprint density at radius 3 is 3.18 bits per heavy atom. The summed E-state index contributed by atoms with van der Waals surface area (Å²) in [5.41, 5.74) is 2.67. The number of hydrogen-bond acceptors (Lipinski definition) is 3. The normalized spacial score (nSPS) is 15.4. The van der Waals surface area contributed by atoms with E-state index in [1.165, 1.54) is 11.1 Å². The highest BCUT2D eigenvalue weighted by atomic mass is 16.5. The van der Waals surface area contributed by atoms with Crippen molar-refractivity contribution in [2.75, 3.05) is 26.9 Å². The first kappa shape index (κ1) is 12.4. The SMILES string of the molecule is COCC(C)CNCc1ccc2c(c1)CCO2. The van der Waals surface area contributed by atoms with Crippen LogP contribution in [-0.4, -0.2) is 26.9 Å². The fraction of sp³-hybridized carbons (Fsp3) is 0.571. The summed E-state index contributed by atoms with van der Waals surface area (Å²) in [6.45, 7) is 5.73. The van der Waals surface area contributed by atoms with Crippen LogP contribution in [0.3, 0.4) is 0 Å². The number of ether oxygens (including phenoxy) is 2. The number of benzene rings is 1. The number of fused-ring (bicyclic) bond motifs is 1. The second-order valence-corrected chi connectivity index (χ2v) is 4.73. The second kappa shape index (κ2) is 6.03. The van der Waals surface area contributed by atoms with E-state index in [0.29, 0.717) is 5.92 Å². The Balaban J connectivity index is 1.79. The van der Waals surface area contributed by atoms with E-state index in [4.69, 9.17) is 9.47 Å². The highest BCUT2D eigenvalue weighted by Crippen LogP contribution is 2.25. The van der Waals surface area contributed by atoms with Crippen LogP contribution in [0.5, 0.6) is 5.75 Å². The van der Waals surface area contributed by atoms with Gasteiger partial charge in [-0.2, -0.15) is 0 Å². The number of nitrogens with one attached hydrogen (secondary N) is 1. The maximum absolute atomic E-state index is 5.49. The summed E-state index contributed by atoms with van der Waals surface area (Å²) in [5.74, 6) is 1.61. The van der Waals surface area contributed by atoms with Gasteiger partial charge >= 0.3 is 0 Å². The maximum atomic E-state index is 5.49. The van der Waals surface area contributed by atoms with Gasteiger partial charge in [0.15, 0.2) is 0 Å². The lowest BCUT2D eigenvalue weighted by molar-refractivity contribution is 0.158. The van der Waals surface area contributed by atoms with Gasteiger partial charge in [-0.25, -0.2) is 0 Å². The van der Waals surface area contributed by atoms with Crippen molar-refractivity contribution in [2.24, 2.45) is 5.92 Å². The van der Waals surface area contributed by atoms with Crippen molar-refractivity contribution in [3.05, 3.63) is 29.3 Å². The smallest absolute Gasteiger partial charge is 0.122 e. The van der Waals surface area contributed by atoms with Gasteiger partial charge in [0.2, 0.25) is 0 Å². The first-order valence-electron chi connectivity index (χ1n) is 6.24. The van der Waals surface area contributed by atoms with Crippen LogP contribution in [0.2, 0.25) is 0 Å². The standard InChI is InChI=1S/C14H21NO2/c1-11(10-16-2)8-15-9-12-3-4-14-13(7-12)5-6-17-14/h3-4,7,11,15H,5-6,8-10H2,1-2H3. The molecule has 17 heavy (non-hydrogen) atoms. The summed E-state index contributed by atoms with van der Waals surface area (Å²) >= 11 is 0. The molecule has 0 spiro atoms. The molecule has 1 aliphatic heterocycles. The Kier molecular flexibility index (Phi) is 4.40. The highest BCUT2D eigenvalue weighted by Gasteiger charge is 2.11. The topological polar surface area (TPSA) is 30.5 Å². The lowest BCUT2D eigenvalue weighted by Gasteiger charge is -2.11. The van der Waals surface area contributed by atoms with Crippen LogP contribution in [0.4, 0.5) is 0 Å². The van der Waals surface area contributed by atoms with E-state index < -0.39 is 0 Å². The molecule has 1 N–H and O–H groups in total. The molecule has 0 saturated heterocycles. The predicted octanol–water partition coefficient (Wildman–Crippen LogP) is 1.99. The largest absolute Gasteiger partial charge is 0.493 e. The Morgan fingerprint density at radius 2 is 2.35 bits per heavy atom. The fourth-order valence-electron chi connectivity index (χ4n) is 2.16. The average Bonchev–Trinajstić information content (AvgIpc) is 2.76. The first-order valence-corrected chi connectivity index (χ1v) is 6.24. The molecule has 3 heteroatoms. The van der Waals surface area contributed by atoms with Crippen LogP contribution < -0.4 is 10.1 Å². The minimum Gasteiger partial charge on any atom is -0.493 e. The van der Waals surface area contributed by atoms with Gasteiger partial charge in [0.05, 0.1) is 6.61 Å². The Hall–Kier alpha value is -1.06. The third-order valence-corrected chi connectivity index (χ3v) is 3.03. The molecular weight excluding hydrogens is 214 g/mol. The number of methoxy groups -OCH3 is 1. The van der Waals surface area contributed by atoms with E-state index in [1.807, 2.05) is 0 Å². The Morgan fingerprint density at radius 1 is 1.47 bits per heavy atom. The molecule has 1 aliphatic rings. The van der Waals surface area contributed by atoms with Gasteiger partial charge in [-0.15, -0.1) is 0 Å². The van der Waals surface area contributed by atoms with Crippen LogP contribution in [0, 0.1) is 5.92 Å². The minimum absolute atomic E-state index is 0.553. The first-order chi connectivity index (χ1) is 8.29. The van der Waals surface area contributed by atoms with E-state index in [1.54, 1.807) is 7.11 Å². The van der Waals surface area contributed by atoms with E-state index in [9.17, 15) is 0 Å². The van der Waals surface area contributed by atoms with Crippen LogP contribution in [0.25, 0.3) is 0 Å². The summed E-state index contributed by atoms with van der Waals surface area (Å²) in [7, 11) is 1.75. The van der Waals surface area contributed by atoms with Crippen molar-refractivity contribution in [3.63, 3.8) is 0 Å². The molecule has 0 aromatic heterocycles. The van der Waals surface area contributed by atoms with E-state index in [0.717, 1.165) is 38.5 Å². The lowest BCUT2D eigenvalue weighted by atomic mass is 10.1. The van der Waals surface area contributed by atoms with Crippen LogP contribution in [-0.2, 0) is 17.7 Å². The summed E-state index contributed by atoms with van der Waals surface area (Å²) in [6.07, 6.45) is 1.04. The van der Waals surface area contributed by atoms with Gasteiger partial charge in [0.25, 0.3) is 0 Å². The third kappa shape index (κ3) is 3.45. The van der Waals surface area contributed by atoms with Crippen LogP contribution in [0.1, 0.15) is 18.1 Å². The maximum Gasteiger partial charge on any atom is 0.122 e. The molecule has 94 valence electrons. The van der Waals surface area contributed by atoms with Crippen molar-refractivity contribution in [1.29, 1.82) is 0 Å². The molecule has 0 saturated carbocycles. The summed E-state index contributed by atoms with van der Waals surface area (Å²) < 4.78 is 10.6. The third-order valence-electron chi connectivity index (χ3n) is 3.03. The van der Waals surface area contributed by atoms with Crippen molar-refractivity contribution in [3.8, 4) is 5.75 Å². The molecule has 3 nitrogen and oxygen atoms in total. The van der Waals surface area contributed by atoms with Crippen molar-refractivity contribution < 1.29 is 9.47 Å². The Bertz CT molecular complexity index is 365. The summed E-state index contributed by atoms with van der Waals surface area (Å²) in [5, 5.41) is 3.46. The molecule has 2 rings (SSSR count). The van der Waals surface area contributed by atoms with Crippen LogP contribution in [0.15, 0.2) is 18.2 Å². The van der Waals surface area contributed by atoms with Crippen molar-refractivity contribution in [1.82, 2.24) is 5.32 Å². The zero-order valence-electron chi connectivity index (χ0n) is 10.7. The fourth-order valence-corrected chi connectivity index (χ4v) is 2.16. The molecule has 1 atom stereocenters. The zero-order chi connectivity index (χ0) is 12.1. The molecule has 0 amide bonds. The predicted molar refractivity (Wildman–Crippen MR) is 68.4 cm³/mol. The van der Waals surface area contributed by atoms with Gasteiger partial charge in [-0.1, -0.05) is 19.1 Å². The second-order valence-electron chi connectivity index (χ2n) is 4.73. The quantitative estimate of drug-likeness (QED) is 0.818. The van der Waals surface area contributed by atoms with Gasteiger partial charge < -0.3 is 14.8 Å². The molecule has 1 aromatic carbocycles. The molecule has 1 unspecified atom stereocenters. The molecule has 0 aliphatic carbocycles. The molecule has 0 radical (unpaired) electrons. The minimum atomic E-state index is 0.553. The van der Waals surface area contributed by atoms with Crippen molar-refractivity contribution >= 4 is 0 Å². The van der Waals surface area contributed by atoms with Gasteiger partial charge in [0, 0.05) is 33.2 Å². The van der Waals surface area contributed by atoms with Gasteiger partial charge in [-0.3, -0.25) is 0 Å². The van der Waals surface area contributed by atoms with Gasteiger partial charge in [0.1, 0.15) is 5.75 Å². The highest BCUT2D eigenvalue weighted by molar-refractivity contribution is 5.39. The Labute approximate surface area is 103 Å². The summed E-state index contributed by atoms with van der Waals surface area (Å²) in [6, 6.07) is 6.46. The molecule has 1 heterocycles. The number of rotatable bonds is 6. The number of hydrogen-bond donors (Lipinski definition) is 1. The molecule has 1 aromatic rings. The van der Waals surface area contributed by atoms with E-state index in [-0.39, 0.29) is 0 Å². The van der Waals surface area contributed by atoms with E-state index in [2.05, 4.69) is 30.4 Å². The summed E-state index contributed by atoms with van der Waals surface area (Å²) in [4.78, 5) is 0.